The van der Waals surface area contributed by atoms with Crippen molar-refractivity contribution in [2.75, 3.05) is 26.3 Å². The van der Waals surface area contributed by atoms with Crippen molar-refractivity contribution in [1.82, 2.24) is 4.90 Å². The summed E-state index contributed by atoms with van der Waals surface area (Å²) in [6.07, 6.45) is 1.37. The largest absolute Gasteiger partial charge is 0.477 e. The van der Waals surface area contributed by atoms with Gasteiger partial charge in [-0.05, 0) is 0 Å². The molecule has 0 saturated carbocycles. The molecule has 0 aromatic carbocycles. The molecule has 70 valence electrons. The first-order valence-corrected chi connectivity index (χ1v) is 3.91. The van der Waals surface area contributed by atoms with Gasteiger partial charge in [-0.15, -0.1) is 0 Å². The summed E-state index contributed by atoms with van der Waals surface area (Å²) in [4.78, 5) is 12.2. The zero-order valence-corrected chi connectivity index (χ0v) is 7.06. The number of morpholine rings is 1. The van der Waals surface area contributed by atoms with Crippen LogP contribution in [0.2, 0.25) is 0 Å². The average molecular weight is 182 g/mol. The Balaban J connectivity index is 2.61. The lowest BCUT2D eigenvalue weighted by Gasteiger charge is -2.25. The lowest BCUT2D eigenvalue weighted by atomic mass is 10.3. The van der Waals surface area contributed by atoms with E-state index in [0.717, 1.165) is 0 Å². The van der Waals surface area contributed by atoms with E-state index in [1.165, 1.54) is 6.20 Å². The van der Waals surface area contributed by atoms with Gasteiger partial charge < -0.3 is 14.7 Å². The van der Waals surface area contributed by atoms with Crippen molar-refractivity contribution in [1.29, 1.82) is 5.26 Å². The monoisotopic (exact) mass is 182 g/mol. The number of carboxylic acids is 1. The van der Waals surface area contributed by atoms with E-state index < -0.39 is 5.97 Å². The molecule has 1 fully saturated rings. The van der Waals surface area contributed by atoms with Crippen molar-refractivity contribution in [3.05, 3.63) is 11.8 Å². The summed E-state index contributed by atoms with van der Waals surface area (Å²) in [5.74, 6) is -1.19. The van der Waals surface area contributed by atoms with E-state index >= 15 is 0 Å². The molecular weight excluding hydrogens is 172 g/mol. The molecule has 0 aliphatic carbocycles. The summed E-state index contributed by atoms with van der Waals surface area (Å²) in [7, 11) is 0. The van der Waals surface area contributed by atoms with Crippen LogP contribution in [-0.4, -0.2) is 42.3 Å². The molecule has 1 N–H and O–H groups in total. The number of hydrogen-bond donors (Lipinski definition) is 1. The number of carbonyl (C=O) groups is 1. The fraction of sp³-hybridized carbons (Fsp3) is 0.500. The first-order chi connectivity index (χ1) is 6.24. The van der Waals surface area contributed by atoms with Crippen molar-refractivity contribution < 1.29 is 14.6 Å². The van der Waals surface area contributed by atoms with Crippen LogP contribution in [-0.2, 0) is 9.53 Å². The van der Waals surface area contributed by atoms with Gasteiger partial charge in [-0.2, -0.15) is 5.26 Å². The fourth-order valence-electron chi connectivity index (χ4n) is 1.02. The first-order valence-electron chi connectivity index (χ1n) is 3.91. The maximum atomic E-state index is 10.5. The molecule has 0 spiro atoms. The Bertz CT molecular complexity index is 261. The third-order valence-electron chi connectivity index (χ3n) is 1.71. The molecule has 0 aromatic heterocycles. The van der Waals surface area contributed by atoms with E-state index in [2.05, 4.69) is 0 Å². The molecule has 5 heteroatoms. The SMILES string of the molecule is N#C/C(=C\N1CCOCC1)C(=O)O. The zero-order valence-electron chi connectivity index (χ0n) is 7.06. The van der Waals surface area contributed by atoms with Crippen molar-refractivity contribution in [3.8, 4) is 6.07 Å². The molecular formula is C8H10N2O3. The minimum atomic E-state index is -1.19. The van der Waals surface area contributed by atoms with E-state index in [1.807, 2.05) is 0 Å². The average Bonchev–Trinajstić information content (AvgIpc) is 2.15. The van der Waals surface area contributed by atoms with E-state index in [9.17, 15) is 4.79 Å². The van der Waals surface area contributed by atoms with Crippen molar-refractivity contribution >= 4 is 5.97 Å². The molecule has 0 aromatic rings. The summed E-state index contributed by atoms with van der Waals surface area (Å²) in [6, 6.07) is 1.63. The quantitative estimate of drug-likeness (QED) is 0.473. The zero-order chi connectivity index (χ0) is 9.68. The van der Waals surface area contributed by atoms with Gasteiger partial charge in [-0.1, -0.05) is 0 Å². The van der Waals surface area contributed by atoms with Gasteiger partial charge in [-0.3, -0.25) is 0 Å². The third kappa shape index (κ3) is 2.76. The Kier molecular flexibility index (Phi) is 3.29. The van der Waals surface area contributed by atoms with E-state index in [-0.39, 0.29) is 5.57 Å². The topological polar surface area (TPSA) is 73.6 Å². The highest BCUT2D eigenvalue weighted by Gasteiger charge is 2.11. The number of ether oxygens (including phenoxy) is 1. The fourth-order valence-corrected chi connectivity index (χ4v) is 1.02. The molecule has 1 heterocycles. The predicted molar refractivity (Wildman–Crippen MR) is 43.7 cm³/mol. The second kappa shape index (κ2) is 4.48. The highest BCUT2D eigenvalue weighted by atomic mass is 16.5. The normalized spacial score (nSPS) is 18.1. The van der Waals surface area contributed by atoms with Crippen LogP contribution in [0, 0.1) is 11.3 Å². The standard InChI is InChI=1S/C8H10N2O3/c9-5-7(8(11)12)6-10-1-3-13-4-2-10/h6H,1-4H2,(H,11,12)/b7-6+. The van der Waals surface area contributed by atoms with E-state index in [0.29, 0.717) is 26.3 Å². The van der Waals surface area contributed by atoms with Crippen LogP contribution in [0.3, 0.4) is 0 Å². The van der Waals surface area contributed by atoms with E-state index in [4.69, 9.17) is 15.1 Å². The molecule has 5 nitrogen and oxygen atoms in total. The molecule has 0 atom stereocenters. The van der Waals surface area contributed by atoms with Crippen LogP contribution < -0.4 is 0 Å². The maximum absolute atomic E-state index is 10.5. The first kappa shape index (κ1) is 9.55. The highest BCUT2D eigenvalue weighted by molar-refractivity contribution is 5.90. The lowest BCUT2D eigenvalue weighted by molar-refractivity contribution is -0.132. The molecule has 13 heavy (non-hydrogen) atoms. The number of aliphatic carboxylic acids is 1. The molecule has 0 unspecified atom stereocenters. The number of rotatable bonds is 2. The molecule has 0 amide bonds. The number of hydrogen-bond acceptors (Lipinski definition) is 4. The van der Waals surface area contributed by atoms with Gasteiger partial charge in [0.15, 0.2) is 5.57 Å². The van der Waals surface area contributed by atoms with Gasteiger partial charge in [-0.25, -0.2) is 4.79 Å². The van der Waals surface area contributed by atoms with Gasteiger partial charge in [0.25, 0.3) is 0 Å². The Morgan fingerprint density at radius 1 is 1.54 bits per heavy atom. The highest BCUT2D eigenvalue weighted by Crippen LogP contribution is 2.01. The Labute approximate surface area is 75.8 Å². The van der Waals surface area contributed by atoms with Crippen molar-refractivity contribution in [2.45, 2.75) is 0 Å². The second-order valence-corrected chi connectivity index (χ2v) is 2.61. The van der Waals surface area contributed by atoms with Gasteiger partial charge in [0.1, 0.15) is 6.07 Å². The molecule has 0 radical (unpaired) electrons. The lowest BCUT2D eigenvalue weighted by Crippen LogP contribution is -2.32. The van der Waals surface area contributed by atoms with Crippen molar-refractivity contribution in [3.63, 3.8) is 0 Å². The van der Waals surface area contributed by atoms with Gasteiger partial charge in [0.2, 0.25) is 0 Å². The smallest absolute Gasteiger partial charge is 0.347 e. The van der Waals surface area contributed by atoms with Crippen LogP contribution in [0.5, 0.6) is 0 Å². The minimum Gasteiger partial charge on any atom is -0.477 e. The van der Waals surface area contributed by atoms with Crippen LogP contribution in [0.15, 0.2) is 11.8 Å². The predicted octanol–water partition coefficient (Wildman–Crippen LogP) is -0.189. The summed E-state index contributed by atoms with van der Waals surface area (Å²) in [5.41, 5.74) is -0.234. The number of nitrogens with zero attached hydrogens (tertiary/aromatic N) is 2. The van der Waals surface area contributed by atoms with Crippen LogP contribution in [0.4, 0.5) is 0 Å². The van der Waals surface area contributed by atoms with Gasteiger partial charge in [0.05, 0.1) is 13.2 Å². The summed E-state index contributed by atoms with van der Waals surface area (Å²) in [6.45, 7) is 2.43. The van der Waals surface area contributed by atoms with Crippen LogP contribution in [0.1, 0.15) is 0 Å². The summed E-state index contributed by atoms with van der Waals surface area (Å²) >= 11 is 0. The van der Waals surface area contributed by atoms with Crippen molar-refractivity contribution in [2.24, 2.45) is 0 Å². The molecule has 1 saturated heterocycles. The maximum Gasteiger partial charge on any atom is 0.347 e. The number of nitriles is 1. The number of carboxylic acid groups (broad SMARTS) is 1. The minimum absolute atomic E-state index is 0.234. The second-order valence-electron chi connectivity index (χ2n) is 2.61. The van der Waals surface area contributed by atoms with Crippen LogP contribution >= 0.6 is 0 Å². The summed E-state index contributed by atoms with van der Waals surface area (Å²) in [5, 5.41) is 17.0. The molecule has 1 rings (SSSR count). The van der Waals surface area contributed by atoms with Gasteiger partial charge >= 0.3 is 5.97 Å². The third-order valence-corrected chi connectivity index (χ3v) is 1.71. The summed E-state index contributed by atoms with van der Waals surface area (Å²) < 4.78 is 5.07. The van der Waals surface area contributed by atoms with E-state index in [1.54, 1.807) is 11.0 Å². The molecule has 1 aliphatic heterocycles. The molecule has 0 bridgehead atoms. The Morgan fingerprint density at radius 2 is 2.15 bits per heavy atom. The molecule has 1 aliphatic rings. The van der Waals surface area contributed by atoms with Crippen LogP contribution in [0.25, 0.3) is 0 Å². The Hall–Kier alpha value is -1.54. The van der Waals surface area contributed by atoms with Gasteiger partial charge in [0, 0.05) is 19.3 Å². The Morgan fingerprint density at radius 3 is 2.62 bits per heavy atom.